The summed E-state index contributed by atoms with van der Waals surface area (Å²) in [6.45, 7) is 0.563. The zero-order valence-electron chi connectivity index (χ0n) is 16.7. The molecule has 2 amide bonds. The van der Waals surface area contributed by atoms with Gasteiger partial charge in [0.1, 0.15) is 5.75 Å². The number of nitrogens with zero attached hydrogens (tertiary/aromatic N) is 1. The van der Waals surface area contributed by atoms with Crippen molar-refractivity contribution in [1.29, 1.82) is 0 Å². The Hall–Kier alpha value is -2.91. The van der Waals surface area contributed by atoms with Crippen molar-refractivity contribution in [1.82, 2.24) is 4.31 Å². The second-order valence-corrected chi connectivity index (χ2v) is 9.12. The number of primary amides is 1. The van der Waals surface area contributed by atoms with Crippen LogP contribution in [0.3, 0.4) is 0 Å². The third-order valence-corrected chi connectivity index (χ3v) is 7.03. The summed E-state index contributed by atoms with van der Waals surface area (Å²) >= 11 is 0. The highest BCUT2D eigenvalue weighted by Gasteiger charge is 2.32. The molecule has 30 heavy (non-hydrogen) atoms. The molecule has 1 aliphatic rings. The van der Waals surface area contributed by atoms with Gasteiger partial charge in [-0.3, -0.25) is 9.59 Å². The Balaban J connectivity index is 1.56. The van der Waals surface area contributed by atoms with E-state index in [1.54, 1.807) is 36.4 Å². The molecule has 0 atom stereocenters. The minimum absolute atomic E-state index is 0.140. The molecule has 1 aliphatic heterocycles. The number of carbonyl (C=O) groups excluding carboxylic acids is 2. The van der Waals surface area contributed by atoms with Crippen LogP contribution in [0.2, 0.25) is 0 Å². The lowest BCUT2D eigenvalue weighted by atomic mass is 9.97. The van der Waals surface area contributed by atoms with Gasteiger partial charge in [0, 0.05) is 24.7 Å². The van der Waals surface area contributed by atoms with Crippen LogP contribution in [0.5, 0.6) is 5.75 Å². The third kappa shape index (κ3) is 5.17. The molecule has 0 radical (unpaired) electrons. The second-order valence-electron chi connectivity index (χ2n) is 7.18. The van der Waals surface area contributed by atoms with E-state index in [2.05, 4.69) is 5.32 Å². The number of amides is 2. The molecule has 9 heteroatoms. The highest BCUT2D eigenvalue weighted by molar-refractivity contribution is 7.89. The van der Waals surface area contributed by atoms with Crippen molar-refractivity contribution in [2.24, 2.45) is 11.7 Å². The van der Waals surface area contributed by atoms with Crippen molar-refractivity contribution in [3.63, 3.8) is 0 Å². The molecule has 0 aromatic heterocycles. The van der Waals surface area contributed by atoms with E-state index in [1.165, 1.54) is 23.5 Å². The molecule has 1 saturated heterocycles. The van der Waals surface area contributed by atoms with Gasteiger partial charge >= 0.3 is 0 Å². The fourth-order valence-electron chi connectivity index (χ4n) is 3.41. The lowest BCUT2D eigenvalue weighted by Crippen LogP contribution is -2.41. The minimum atomic E-state index is -3.60. The van der Waals surface area contributed by atoms with Gasteiger partial charge in [-0.25, -0.2) is 8.42 Å². The molecular formula is C21H25N3O5S. The molecule has 0 aliphatic carbocycles. The van der Waals surface area contributed by atoms with E-state index in [1.807, 2.05) is 0 Å². The van der Waals surface area contributed by atoms with Crippen molar-refractivity contribution in [2.45, 2.75) is 24.2 Å². The maximum Gasteiger partial charge on any atom is 0.243 e. The van der Waals surface area contributed by atoms with Gasteiger partial charge in [-0.15, -0.1) is 0 Å². The van der Waals surface area contributed by atoms with Gasteiger partial charge in [-0.2, -0.15) is 4.31 Å². The van der Waals surface area contributed by atoms with E-state index in [0.29, 0.717) is 24.3 Å². The molecule has 0 spiro atoms. The second kappa shape index (κ2) is 9.27. The van der Waals surface area contributed by atoms with Crippen LogP contribution < -0.4 is 15.8 Å². The van der Waals surface area contributed by atoms with E-state index < -0.39 is 15.9 Å². The monoisotopic (exact) mass is 431 g/mol. The Morgan fingerprint density at radius 2 is 1.67 bits per heavy atom. The fourth-order valence-corrected chi connectivity index (χ4v) is 4.88. The van der Waals surface area contributed by atoms with Crippen molar-refractivity contribution in [2.75, 3.05) is 25.5 Å². The van der Waals surface area contributed by atoms with E-state index >= 15 is 0 Å². The molecule has 3 rings (SSSR count). The number of benzene rings is 2. The first-order valence-corrected chi connectivity index (χ1v) is 11.1. The first-order valence-electron chi connectivity index (χ1n) is 9.62. The normalized spacial score (nSPS) is 15.5. The van der Waals surface area contributed by atoms with Crippen molar-refractivity contribution in [3.8, 4) is 5.75 Å². The molecule has 1 fully saturated rings. The summed E-state index contributed by atoms with van der Waals surface area (Å²) in [7, 11) is -2.08. The number of carbonyl (C=O) groups is 2. The maximum absolute atomic E-state index is 12.8. The summed E-state index contributed by atoms with van der Waals surface area (Å²) in [5, 5.41) is 2.85. The third-order valence-electron chi connectivity index (χ3n) is 5.12. The van der Waals surface area contributed by atoms with Crippen molar-refractivity contribution < 1.29 is 22.7 Å². The Kier molecular flexibility index (Phi) is 6.73. The predicted octanol–water partition coefficient (Wildman–Crippen LogP) is 1.76. The van der Waals surface area contributed by atoms with Crippen LogP contribution in [0.25, 0.3) is 0 Å². The average molecular weight is 432 g/mol. The summed E-state index contributed by atoms with van der Waals surface area (Å²) in [5.74, 6) is -0.230. The number of anilines is 1. The van der Waals surface area contributed by atoms with Crippen molar-refractivity contribution >= 4 is 27.5 Å². The Labute approximate surface area is 176 Å². The number of ether oxygens (including phenoxy) is 1. The molecule has 3 N–H and O–H groups in total. The molecule has 2 aromatic carbocycles. The number of nitrogens with one attached hydrogen (secondary N) is 1. The first-order chi connectivity index (χ1) is 14.3. The van der Waals surface area contributed by atoms with Gasteiger partial charge < -0.3 is 15.8 Å². The number of rotatable bonds is 7. The molecule has 0 bridgehead atoms. The lowest BCUT2D eigenvalue weighted by molar-refractivity contribution is -0.121. The van der Waals surface area contributed by atoms with Crippen LogP contribution >= 0.6 is 0 Å². The van der Waals surface area contributed by atoms with Gasteiger partial charge in [0.05, 0.1) is 18.4 Å². The average Bonchev–Trinajstić information content (AvgIpc) is 2.75. The van der Waals surface area contributed by atoms with Crippen LogP contribution in [0.15, 0.2) is 53.4 Å². The van der Waals surface area contributed by atoms with Crippen LogP contribution in [-0.4, -0.2) is 44.7 Å². The standard InChI is InChI=1S/C21H25N3O5S/c1-29-18-6-8-19(9-7-18)30(27,28)24-12-10-16(11-13-24)21(26)23-17-4-2-15(3-5-17)14-20(22)25/h2-9,16H,10-14H2,1H3,(H2,22,25)(H,23,26). The largest absolute Gasteiger partial charge is 0.497 e. The zero-order valence-corrected chi connectivity index (χ0v) is 17.5. The quantitative estimate of drug-likeness (QED) is 0.692. The van der Waals surface area contributed by atoms with Crippen molar-refractivity contribution in [3.05, 3.63) is 54.1 Å². The topological polar surface area (TPSA) is 119 Å². The maximum atomic E-state index is 12.8. The number of sulfonamides is 1. The predicted molar refractivity (Wildman–Crippen MR) is 112 cm³/mol. The summed E-state index contributed by atoms with van der Waals surface area (Å²) in [6.07, 6.45) is 1.04. The Bertz CT molecular complexity index is 996. The van der Waals surface area contributed by atoms with E-state index in [9.17, 15) is 18.0 Å². The number of hydrogen-bond acceptors (Lipinski definition) is 5. The SMILES string of the molecule is COc1ccc(S(=O)(=O)N2CCC(C(=O)Nc3ccc(CC(N)=O)cc3)CC2)cc1. The molecule has 1 heterocycles. The van der Waals surface area contributed by atoms with E-state index in [0.717, 1.165) is 5.56 Å². The van der Waals surface area contributed by atoms with Gasteiger partial charge in [0.25, 0.3) is 0 Å². The number of nitrogens with two attached hydrogens (primary N) is 1. The summed E-state index contributed by atoms with van der Waals surface area (Å²) < 4.78 is 32.1. The zero-order chi connectivity index (χ0) is 21.7. The first kappa shape index (κ1) is 21.8. The van der Waals surface area contributed by atoms with Gasteiger partial charge in [-0.1, -0.05) is 12.1 Å². The van der Waals surface area contributed by atoms with Crippen LogP contribution in [0, 0.1) is 5.92 Å². The molecule has 8 nitrogen and oxygen atoms in total. The number of hydrogen-bond donors (Lipinski definition) is 2. The summed E-state index contributed by atoms with van der Waals surface area (Å²) in [6, 6.07) is 13.2. The molecule has 2 aromatic rings. The van der Waals surface area contributed by atoms with E-state index in [4.69, 9.17) is 10.5 Å². The van der Waals surface area contributed by atoms with Gasteiger partial charge in [-0.05, 0) is 54.8 Å². The molecule has 0 unspecified atom stereocenters. The number of methoxy groups -OCH3 is 1. The van der Waals surface area contributed by atoms with Gasteiger partial charge in [0.15, 0.2) is 0 Å². The molecule has 160 valence electrons. The minimum Gasteiger partial charge on any atom is -0.497 e. The smallest absolute Gasteiger partial charge is 0.243 e. The summed E-state index contributed by atoms with van der Waals surface area (Å²) in [4.78, 5) is 23.7. The fraction of sp³-hybridized carbons (Fsp3) is 0.333. The molecular weight excluding hydrogens is 406 g/mol. The van der Waals surface area contributed by atoms with Crippen LogP contribution in [-0.2, 0) is 26.0 Å². The Morgan fingerprint density at radius 3 is 2.20 bits per heavy atom. The lowest BCUT2D eigenvalue weighted by Gasteiger charge is -2.30. The Morgan fingerprint density at radius 1 is 1.07 bits per heavy atom. The highest BCUT2D eigenvalue weighted by atomic mass is 32.2. The van der Waals surface area contributed by atoms with E-state index in [-0.39, 0.29) is 36.2 Å². The number of piperidine rings is 1. The highest BCUT2D eigenvalue weighted by Crippen LogP contribution is 2.26. The van der Waals surface area contributed by atoms with Crippen LogP contribution in [0.1, 0.15) is 18.4 Å². The summed E-state index contributed by atoms with van der Waals surface area (Å²) in [5.41, 5.74) is 6.57. The van der Waals surface area contributed by atoms with Crippen LogP contribution in [0.4, 0.5) is 5.69 Å². The van der Waals surface area contributed by atoms with Gasteiger partial charge in [0.2, 0.25) is 21.8 Å². The molecule has 0 saturated carbocycles.